The van der Waals surface area contributed by atoms with Crippen molar-refractivity contribution in [3.63, 3.8) is 0 Å². The zero-order valence-corrected chi connectivity index (χ0v) is 13.6. The van der Waals surface area contributed by atoms with Crippen molar-refractivity contribution in [2.24, 2.45) is 5.10 Å². The molecule has 1 amide bonds. The minimum atomic E-state index is -0.139. The second-order valence-electron chi connectivity index (χ2n) is 5.20. The average Bonchev–Trinajstić information content (AvgIpc) is 2.93. The number of aromatic hydroxyl groups is 1. The van der Waals surface area contributed by atoms with E-state index in [4.69, 9.17) is 0 Å². The van der Waals surface area contributed by atoms with Crippen molar-refractivity contribution in [1.29, 1.82) is 0 Å². The average molecular weight is 359 g/mol. The van der Waals surface area contributed by atoms with Crippen LogP contribution < -0.4 is 0 Å². The smallest absolute Gasteiger partial charge is 0.240 e. The molecule has 0 bridgehead atoms. The van der Waals surface area contributed by atoms with Gasteiger partial charge in [0.2, 0.25) is 5.91 Å². The molecule has 1 atom stereocenters. The zero-order chi connectivity index (χ0) is 15.7. The van der Waals surface area contributed by atoms with Crippen molar-refractivity contribution in [2.45, 2.75) is 19.4 Å². The number of carbonyl (C=O) groups is 1. The van der Waals surface area contributed by atoms with Crippen molar-refractivity contribution in [2.75, 3.05) is 0 Å². The third-order valence-corrected chi connectivity index (χ3v) is 4.23. The van der Waals surface area contributed by atoms with Gasteiger partial charge in [0.15, 0.2) is 0 Å². The van der Waals surface area contributed by atoms with Crippen LogP contribution >= 0.6 is 15.9 Å². The van der Waals surface area contributed by atoms with E-state index in [1.54, 1.807) is 12.1 Å². The summed E-state index contributed by atoms with van der Waals surface area (Å²) in [6.45, 7) is 1.50. The largest absolute Gasteiger partial charge is 0.507 e. The molecule has 3 rings (SSSR count). The molecule has 0 unspecified atom stereocenters. The Morgan fingerprint density at radius 3 is 2.55 bits per heavy atom. The fraction of sp³-hybridized carbons (Fsp3) is 0.176. The first-order chi connectivity index (χ1) is 10.6. The van der Waals surface area contributed by atoms with E-state index in [-0.39, 0.29) is 17.7 Å². The Hall–Kier alpha value is -2.14. The SMILES string of the molecule is CC(=O)N1N=C(c2ccccc2O)C[C@@H]1c1ccc(Br)cc1. The van der Waals surface area contributed by atoms with Crippen molar-refractivity contribution in [3.05, 3.63) is 64.1 Å². The Bertz CT molecular complexity index is 741. The number of phenolic OH excluding ortho intramolecular Hbond substituents is 1. The van der Waals surface area contributed by atoms with Crippen molar-refractivity contribution >= 4 is 27.5 Å². The van der Waals surface area contributed by atoms with Crippen molar-refractivity contribution in [1.82, 2.24) is 5.01 Å². The van der Waals surface area contributed by atoms with Gasteiger partial charge in [-0.25, -0.2) is 5.01 Å². The molecule has 0 saturated heterocycles. The number of rotatable bonds is 2. The molecule has 1 heterocycles. The molecule has 0 saturated carbocycles. The lowest BCUT2D eigenvalue weighted by atomic mass is 9.98. The highest BCUT2D eigenvalue weighted by molar-refractivity contribution is 9.10. The van der Waals surface area contributed by atoms with Crippen molar-refractivity contribution in [3.8, 4) is 5.75 Å². The number of phenols is 1. The summed E-state index contributed by atoms with van der Waals surface area (Å²) in [6, 6.07) is 14.8. The minimum absolute atomic E-state index is 0.113. The summed E-state index contributed by atoms with van der Waals surface area (Å²) in [5.74, 6) is 0.0690. The number of hydrogen-bond acceptors (Lipinski definition) is 3. The van der Waals surface area contributed by atoms with Gasteiger partial charge in [-0.15, -0.1) is 0 Å². The molecule has 0 aliphatic carbocycles. The maximum absolute atomic E-state index is 11.9. The van der Waals surface area contributed by atoms with Gasteiger partial charge >= 0.3 is 0 Å². The Morgan fingerprint density at radius 1 is 1.23 bits per heavy atom. The number of benzene rings is 2. The number of para-hydroxylation sites is 1. The molecule has 0 radical (unpaired) electrons. The lowest BCUT2D eigenvalue weighted by Gasteiger charge is -2.20. The first-order valence-corrected chi connectivity index (χ1v) is 7.76. The molecule has 1 aliphatic rings. The Balaban J connectivity index is 1.96. The topological polar surface area (TPSA) is 52.9 Å². The molecule has 1 N–H and O–H groups in total. The third kappa shape index (κ3) is 2.76. The lowest BCUT2D eigenvalue weighted by molar-refractivity contribution is -0.130. The Kier molecular flexibility index (Phi) is 3.98. The fourth-order valence-electron chi connectivity index (χ4n) is 2.63. The predicted octanol–water partition coefficient (Wildman–Crippen LogP) is 3.85. The molecule has 4 nitrogen and oxygen atoms in total. The summed E-state index contributed by atoms with van der Waals surface area (Å²) in [7, 11) is 0. The highest BCUT2D eigenvalue weighted by Crippen LogP contribution is 2.34. The first kappa shape index (κ1) is 14.8. The number of carbonyl (C=O) groups excluding carboxylic acids is 1. The van der Waals surface area contributed by atoms with Gasteiger partial charge in [0.1, 0.15) is 5.75 Å². The zero-order valence-electron chi connectivity index (χ0n) is 12.0. The van der Waals surface area contributed by atoms with Crippen LogP contribution in [0.4, 0.5) is 0 Å². The van der Waals surface area contributed by atoms with Crippen molar-refractivity contribution < 1.29 is 9.90 Å². The van der Waals surface area contributed by atoms with Crippen LogP contribution in [0.25, 0.3) is 0 Å². The summed E-state index contributed by atoms with van der Waals surface area (Å²) < 4.78 is 0.991. The molecule has 0 aromatic heterocycles. The molecule has 0 fully saturated rings. The molecule has 22 heavy (non-hydrogen) atoms. The maximum Gasteiger partial charge on any atom is 0.240 e. The number of amides is 1. The van der Waals surface area contributed by atoms with Crippen LogP contribution in [0.15, 0.2) is 58.1 Å². The van der Waals surface area contributed by atoms with Gasteiger partial charge in [-0.05, 0) is 29.8 Å². The van der Waals surface area contributed by atoms with Crippen LogP contribution in [0.3, 0.4) is 0 Å². The van der Waals surface area contributed by atoms with E-state index < -0.39 is 0 Å². The normalized spacial score (nSPS) is 17.5. The Morgan fingerprint density at radius 2 is 1.91 bits per heavy atom. The minimum Gasteiger partial charge on any atom is -0.507 e. The van der Waals surface area contributed by atoms with Crippen LogP contribution in [-0.2, 0) is 4.79 Å². The molecule has 112 valence electrons. The molecule has 5 heteroatoms. The predicted molar refractivity (Wildman–Crippen MR) is 88.7 cm³/mol. The third-order valence-electron chi connectivity index (χ3n) is 3.70. The van der Waals surface area contributed by atoms with Gasteiger partial charge in [-0.3, -0.25) is 4.79 Å². The second-order valence-corrected chi connectivity index (χ2v) is 6.11. The van der Waals surface area contributed by atoms with Gasteiger partial charge in [-0.1, -0.05) is 40.2 Å². The molecule has 1 aliphatic heterocycles. The summed E-state index contributed by atoms with van der Waals surface area (Å²) in [5, 5.41) is 15.9. The van der Waals surface area contributed by atoms with Crippen LogP contribution in [0, 0.1) is 0 Å². The lowest BCUT2D eigenvalue weighted by Crippen LogP contribution is -2.24. The van der Waals surface area contributed by atoms with E-state index in [1.807, 2.05) is 36.4 Å². The molecular weight excluding hydrogens is 344 g/mol. The van der Waals surface area contributed by atoms with Gasteiger partial charge in [-0.2, -0.15) is 5.10 Å². The summed E-state index contributed by atoms with van der Waals surface area (Å²) in [6.07, 6.45) is 0.582. The summed E-state index contributed by atoms with van der Waals surface area (Å²) >= 11 is 3.41. The van der Waals surface area contributed by atoms with Crippen LogP contribution in [-0.4, -0.2) is 21.7 Å². The van der Waals surface area contributed by atoms with E-state index in [9.17, 15) is 9.90 Å². The van der Waals surface area contributed by atoms with E-state index in [2.05, 4.69) is 21.0 Å². The van der Waals surface area contributed by atoms with Gasteiger partial charge < -0.3 is 5.11 Å². The standard InChI is InChI=1S/C17H15BrN2O2/c1-11(21)20-16(12-6-8-13(18)9-7-12)10-15(19-20)14-4-2-3-5-17(14)22/h2-9,16,22H,10H2,1H3/t16-/m1/s1. The summed E-state index contributed by atoms with van der Waals surface area (Å²) in [5.41, 5.74) is 2.42. The number of hydrogen-bond donors (Lipinski definition) is 1. The second kappa shape index (κ2) is 5.93. The van der Waals surface area contributed by atoms with Gasteiger partial charge in [0, 0.05) is 23.4 Å². The molecular formula is C17H15BrN2O2. The number of hydrazone groups is 1. The summed E-state index contributed by atoms with van der Waals surface area (Å²) in [4.78, 5) is 11.9. The van der Waals surface area contributed by atoms with E-state index in [0.29, 0.717) is 12.0 Å². The van der Waals surface area contributed by atoms with Crippen LogP contribution in [0.2, 0.25) is 0 Å². The fourth-order valence-corrected chi connectivity index (χ4v) is 2.89. The quantitative estimate of drug-likeness (QED) is 0.886. The van der Waals surface area contributed by atoms with Gasteiger partial charge in [0.05, 0.1) is 11.8 Å². The van der Waals surface area contributed by atoms with Crippen LogP contribution in [0.5, 0.6) is 5.75 Å². The van der Waals surface area contributed by atoms with E-state index in [1.165, 1.54) is 11.9 Å². The maximum atomic E-state index is 11.9. The number of nitrogens with zero attached hydrogens (tertiary/aromatic N) is 2. The van der Waals surface area contributed by atoms with Gasteiger partial charge in [0.25, 0.3) is 0 Å². The van der Waals surface area contributed by atoms with Crippen LogP contribution in [0.1, 0.15) is 30.5 Å². The number of halogens is 1. The Labute approximate surface area is 137 Å². The highest BCUT2D eigenvalue weighted by atomic mass is 79.9. The first-order valence-electron chi connectivity index (χ1n) is 6.97. The van der Waals surface area contributed by atoms with E-state index in [0.717, 1.165) is 15.7 Å². The van der Waals surface area contributed by atoms with E-state index >= 15 is 0 Å². The molecule has 2 aromatic carbocycles. The monoisotopic (exact) mass is 358 g/mol. The molecule has 2 aromatic rings. The molecule has 0 spiro atoms. The highest BCUT2D eigenvalue weighted by Gasteiger charge is 2.32.